The number of rotatable bonds is 8. The van der Waals surface area contributed by atoms with Gasteiger partial charge >= 0.3 is 5.97 Å². The molecule has 29 heavy (non-hydrogen) atoms. The molecule has 0 spiro atoms. The van der Waals surface area contributed by atoms with Crippen LogP contribution in [0.15, 0.2) is 78.6 Å². The molecule has 0 aliphatic heterocycles. The largest absolute Gasteiger partial charge is 0.454 e. The van der Waals surface area contributed by atoms with Gasteiger partial charge in [0.1, 0.15) is 6.54 Å². The number of esters is 1. The molecule has 148 valence electrons. The van der Waals surface area contributed by atoms with Crippen molar-refractivity contribution in [2.75, 3.05) is 19.7 Å². The van der Waals surface area contributed by atoms with Crippen LogP contribution in [-0.2, 0) is 20.9 Å². The van der Waals surface area contributed by atoms with E-state index in [1.165, 1.54) is 4.90 Å². The van der Waals surface area contributed by atoms with Crippen molar-refractivity contribution in [3.63, 3.8) is 0 Å². The average molecular weight is 390 g/mol. The Morgan fingerprint density at radius 1 is 0.931 bits per heavy atom. The van der Waals surface area contributed by atoms with Crippen LogP contribution in [0.3, 0.4) is 0 Å². The van der Waals surface area contributed by atoms with Crippen molar-refractivity contribution >= 4 is 33.7 Å². The topological polar surface area (TPSA) is 68.6 Å². The normalized spacial score (nSPS) is 10.6. The summed E-state index contributed by atoms with van der Waals surface area (Å²) in [5, 5.41) is 1.05. The van der Waals surface area contributed by atoms with E-state index in [0.29, 0.717) is 34.9 Å². The van der Waals surface area contributed by atoms with Gasteiger partial charge in [0.2, 0.25) is 0 Å². The number of ether oxygens (including phenoxy) is 1. The summed E-state index contributed by atoms with van der Waals surface area (Å²) in [6, 6.07) is 14.2. The van der Waals surface area contributed by atoms with Crippen LogP contribution >= 0.6 is 0 Å². The first-order chi connectivity index (χ1) is 14.1. The summed E-state index contributed by atoms with van der Waals surface area (Å²) >= 11 is 0. The predicted octanol–water partition coefficient (Wildman–Crippen LogP) is 2.90. The highest BCUT2D eigenvalue weighted by molar-refractivity contribution is 5.94. The Morgan fingerprint density at radius 2 is 1.45 bits per heavy atom. The van der Waals surface area contributed by atoms with Gasteiger partial charge in [-0.25, -0.2) is 0 Å². The molecule has 1 heterocycles. The maximum Gasteiger partial charge on any atom is 0.326 e. The molecule has 6 heteroatoms. The van der Waals surface area contributed by atoms with Crippen LogP contribution in [0.2, 0.25) is 0 Å². The van der Waals surface area contributed by atoms with Gasteiger partial charge in [-0.05, 0) is 24.3 Å². The maximum atomic E-state index is 12.7. The van der Waals surface area contributed by atoms with Crippen LogP contribution in [0.5, 0.6) is 0 Å². The lowest BCUT2D eigenvalue weighted by Gasteiger charge is -2.19. The number of pyridine rings is 1. The molecule has 0 fully saturated rings. The number of hydrogen-bond donors (Lipinski definition) is 0. The van der Waals surface area contributed by atoms with Gasteiger partial charge in [-0.15, -0.1) is 13.2 Å². The molecule has 0 aliphatic rings. The van der Waals surface area contributed by atoms with Crippen molar-refractivity contribution < 1.29 is 14.3 Å². The summed E-state index contributed by atoms with van der Waals surface area (Å²) in [6.07, 6.45) is 3.20. The Labute approximate surface area is 168 Å². The van der Waals surface area contributed by atoms with Crippen LogP contribution in [0.25, 0.3) is 21.8 Å². The molecule has 0 aliphatic carbocycles. The Hall–Kier alpha value is -3.67. The molecular weight excluding hydrogens is 368 g/mol. The van der Waals surface area contributed by atoms with Crippen molar-refractivity contribution in [2.24, 2.45) is 0 Å². The highest BCUT2D eigenvalue weighted by atomic mass is 16.5. The number of aromatic nitrogens is 1. The molecule has 3 rings (SSSR count). The van der Waals surface area contributed by atoms with Crippen LogP contribution in [0.4, 0.5) is 0 Å². The first-order valence-electron chi connectivity index (χ1n) is 9.22. The van der Waals surface area contributed by atoms with E-state index >= 15 is 0 Å². The number of fused-ring (bicyclic) bond motifs is 2. The van der Waals surface area contributed by atoms with Gasteiger partial charge in [0.05, 0.1) is 11.0 Å². The third kappa shape index (κ3) is 4.27. The molecule has 0 radical (unpaired) electrons. The second-order valence-electron chi connectivity index (χ2n) is 6.49. The molecule has 0 bridgehead atoms. The molecule has 6 nitrogen and oxygen atoms in total. The lowest BCUT2D eigenvalue weighted by atomic mass is 10.1. The smallest absolute Gasteiger partial charge is 0.326 e. The van der Waals surface area contributed by atoms with Gasteiger partial charge in [-0.2, -0.15) is 0 Å². The van der Waals surface area contributed by atoms with Gasteiger partial charge in [-0.3, -0.25) is 14.4 Å². The third-order valence-corrected chi connectivity index (χ3v) is 4.57. The van der Waals surface area contributed by atoms with Crippen molar-refractivity contribution in [1.82, 2.24) is 9.47 Å². The second-order valence-corrected chi connectivity index (χ2v) is 6.49. The SMILES string of the molecule is C=CCN(CC=C)C(=O)COC(=O)Cn1c2ccccc2c(=O)c2ccccc21. The fourth-order valence-corrected chi connectivity index (χ4v) is 3.25. The minimum atomic E-state index is -0.561. The number of nitrogens with zero attached hydrogens (tertiary/aromatic N) is 2. The van der Waals surface area contributed by atoms with Crippen molar-refractivity contribution in [1.29, 1.82) is 0 Å². The summed E-state index contributed by atoms with van der Waals surface area (Å²) in [5.41, 5.74) is 1.19. The van der Waals surface area contributed by atoms with Crippen LogP contribution in [0.1, 0.15) is 0 Å². The summed E-state index contributed by atoms with van der Waals surface area (Å²) < 4.78 is 6.95. The van der Waals surface area contributed by atoms with Crippen LogP contribution in [0, 0.1) is 0 Å². The predicted molar refractivity (Wildman–Crippen MR) is 114 cm³/mol. The summed E-state index contributed by atoms with van der Waals surface area (Å²) in [5.74, 6) is -0.887. The summed E-state index contributed by atoms with van der Waals surface area (Å²) in [4.78, 5) is 39.0. The molecular formula is C23H22N2O4. The van der Waals surface area contributed by atoms with Gasteiger partial charge in [0.25, 0.3) is 5.91 Å². The van der Waals surface area contributed by atoms with E-state index in [4.69, 9.17) is 4.74 Å². The molecule has 0 unspecified atom stereocenters. The maximum absolute atomic E-state index is 12.7. The molecule has 0 saturated heterocycles. The first-order valence-corrected chi connectivity index (χ1v) is 9.22. The Balaban J connectivity index is 1.86. The van der Waals surface area contributed by atoms with E-state index in [9.17, 15) is 14.4 Å². The monoisotopic (exact) mass is 390 g/mol. The van der Waals surface area contributed by atoms with Gasteiger partial charge in [0, 0.05) is 23.9 Å². The molecule has 0 N–H and O–H groups in total. The zero-order valence-corrected chi connectivity index (χ0v) is 16.0. The fourth-order valence-electron chi connectivity index (χ4n) is 3.25. The second kappa shape index (κ2) is 9.01. The van der Waals surface area contributed by atoms with E-state index in [-0.39, 0.29) is 24.5 Å². The number of para-hydroxylation sites is 2. The molecule has 3 aromatic rings. The Kier molecular flexibility index (Phi) is 6.24. The van der Waals surface area contributed by atoms with Crippen LogP contribution in [-0.4, -0.2) is 41.0 Å². The fraction of sp³-hybridized carbons (Fsp3) is 0.174. The third-order valence-electron chi connectivity index (χ3n) is 4.57. The minimum Gasteiger partial charge on any atom is -0.454 e. The summed E-state index contributed by atoms with van der Waals surface area (Å²) in [6.45, 7) is 7.44. The number of benzene rings is 2. The van der Waals surface area contributed by atoms with E-state index in [1.54, 1.807) is 53.1 Å². The standard InChI is InChI=1S/C23H22N2O4/c1-3-13-24(14-4-2)21(26)16-29-22(27)15-25-19-11-7-5-9-17(19)23(28)18-10-6-8-12-20(18)25/h3-12H,1-2,13-16H2. The van der Waals surface area contributed by atoms with E-state index in [0.717, 1.165) is 0 Å². The number of amides is 1. The average Bonchev–Trinajstić information content (AvgIpc) is 2.75. The van der Waals surface area contributed by atoms with Crippen molar-refractivity contribution in [3.8, 4) is 0 Å². The van der Waals surface area contributed by atoms with Gasteiger partial charge in [0.15, 0.2) is 12.0 Å². The molecule has 2 aromatic carbocycles. The molecule has 0 atom stereocenters. The zero-order chi connectivity index (χ0) is 20.8. The van der Waals surface area contributed by atoms with E-state index in [1.807, 2.05) is 12.1 Å². The lowest BCUT2D eigenvalue weighted by Crippen LogP contribution is -2.35. The number of carbonyl (C=O) groups is 2. The highest BCUT2D eigenvalue weighted by Gasteiger charge is 2.16. The quantitative estimate of drug-likeness (QED) is 0.337. The molecule has 0 saturated carbocycles. The van der Waals surface area contributed by atoms with Crippen molar-refractivity contribution in [3.05, 3.63) is 84.1 Å². The zero-order valence-electron chi connectivity index (χ0n) is 16.0. The molecule has 1 amide bonds. The Morgan fingerprint density at radius 3 is 1.97 bits per heavy atom. The van der Waals surface area contributed by atoms with Crippen molar-refractivity contribution in [2.45, 2.75) is 6.54 Å². The van der Waals surface area contributed by atoms with Gasteiger partial charge < -0.3 is 14.2 Å². The van der Waals surface area contributed by atoms with E-state index < -0.39 is 5.97 Å². The van der Waals surface area contributed by atoms with Gasteiger partial charge in [-0.1, -0.05) is 36.4 Å². The highest BCUT2D eigenvalue weighted by Crippen LogP contribution is 2.19. The Bertz CT molecular complexity index is 1080. The minimum absolute atomic E-state index is 0.0829. The summed E-state index contributed by atoms with van der Waals surface area (Å²) in [7, 11) is 0. The number of carbonyl (C=O) groups excluding carboxylic acids is 2. The number of hydrogen-bond acceptors (Lipinski definition) is 4. The molecule has 1 aromatic heterocycles. The first kappa shape index (κ1) is 20.1. The lowest BCUT2D eigenvalue weighted by molar-refractivity contribution is -0.152. The van der Waals surface area contributed by atoms with E-state index in [2.05, 4.69) is 13.2 Å². The van der Waals surface area contributed by atoms with Crippen LogP contribution < -0.4 is 5.43 Å².